The van der Waals surface area contributed by atoms with E-state index in [1.54, 1.807) is 0 Å². The first-order valence-electron chi connectivity index (χ1n) is 4.35. The Bertz CT molecular complexity index is 271. The monoisotopic (exact) mass is 197 g/mol. The summed E-state index contributed by atoms with van der Waals surface area (Å²) in [7, 11) is 0. The molecule has 1 N–H and O–H groups in total. The van der Waals surface area contributed by atoms with Crippen LogP contribution in [0.25, 0.3) is 0 Å². The van der Waals surface area contributed by atoms with Crippen molar-refractivity contribution >= 4 is 11.6 Å². The van der Waals surface area contributed by atoms with Gasteiger partial charge in [-0.15, -0.1) is 0 Å². The van der Waals surface area contributed by atoms with Crippen molar-refractivity contribution in [2.75, 3.05) is 0 Å². The van der Waals surface area contributed by atoms with Gasteiger partial charge in [-0.05, 0) is 37.0 Å². The molecular formula is C11H14ClO. The second-order valence-corrected chi connectivity index (χ2v) is 3.82. The minimum Gasteiger partial charge on any atom is -0.393 e. The Hall–Kier alpha value is -0.530. The first kappa shape index (κ1) is 10.6. The predicted octanol–water partition coefficient (Wildman–Crippen LogP) is 2.71. The van der Waals surface area contributed by atoms with Crippen molar-refractivity contribution in [3.05, 3.63) is 41.8 Å². The van der Waals surface area contributed by atoms with E-state index in [1.807, 2.05) is 31.2 Å². The molecule has 1 aromatic rings. The highest BCUT2D eigenvalue weighted by Crippen LogP contribution is 2.15. The zero-order chi connectivity index (χ0) is 9.84. The lowest BCUT2D eigenvalue weighted by Crippen LogP contribution is -2.15. The number of aliphatic hydroxyl groups is 1. The maximum Gasteiger partial charge on any atom is 0.0569 e. The summed E-state index contributed by atoms with van der Waals surface area (Å²) in [6, 6.07) is 7.68. The van der Waals surface area contributed by atoms with E-state index in [4.69, 9.17) is 11.6 Å². The van der Waals surface area contributed by atoms with Crippen molar-refractivity contribution in [3.63, 3.8) is 0 Å². The molecule has 13 heavy (non-hydrogen) atoms. The summed E-state index contributed by atoms with van der Waals surface area (Å²) < 4.78 is 0. The second kappa shape index (κ2) is 4.64. The van der Waals surface area contributed by atoms with E-state index in [1.165, 1.54) is 0 Å². The van der Waals surface area contributed by atoms with E-state index in [9.17, 15) is 5.11 Å². The van der Waals surface area contributed by atoms with Crippen molar-refractivity contribution < 1.29 is 5.11 Å². The fourth-order valence-corrected chi connectivity index (χ4v) is 1.38. The van der Waals surface area contributed by atoms with Crippen LogP contribution in [0.3, 0.4) is 0 Å². The lowest BCUT2D eigenvalue weighted by molar-refractivity contribution is 0.160. The molecule has 2 unspecified atom stereocenters. The lowest BCUT2D eigenvalue weighted by atomic mass is 9.97. The van der Waals surface area contributed by atoms with Gasteiger partial charge in [-0.3, -0.25) is 0 Å². The summed E-state index contributed by atoms with van der Waals surface area (Å²) in [5.41, 5.74) is 1.14. The Kier molecular flexibility index (Phi) is 3.76. The largest absolute Gasteiger partial charge is 0.393 e. The molecular weight excluding hydrogens is 184 g/mol. The van der Waals surface area contributed by atoms with E-state index in [2.05, 4.69) is 6.92 Å². The first-order chi connectivity index (χ1) is 6.09. The summed E-state index contributed by atoms with van der Waals surface area (Å²) in [6.45, 7) is 5.55. The molecule has 0 aliphatic carbocycles. The van der Waals surface area contributed by atoms with Gasteiger partial charge in [0.05, 0.1) is 6.10 Å². The molecule has 0 spiro atoms. The molecule has 0 aromatic heterocycles. The molecule has 0 amide bonds. The van der Waals surface area contributed by atoms with Gasteiger partial charge < -0.3 is 5.11 Å². The third-order valence-corrected chi connectivity index (χ3v) is 2.34. The van der Waals surface area contributed by atoms with Crippen molar-refractivity contribution in [2.24, 2.45) is 5.92 Å². The van der Waals surface area contributed by atoms with Gasteiger partial charge in [-0.1, -0.05) is 30.7 Å². The van der Waals surface area contributed by atoms with Crippen LogP contribution in [-0.2, 0) is 6.42 Å². The molecule has 0 bridgehead atoms. The van der Waals surface area contributed by atoms with E-state index < -0.39 is 6.10 Å². The fourth-order valence-electron chi connectivity index (χ4n) is 1.17. The van der Waals surface area contributed by atoms with Crippen LogP contribution in [0.1, 0.15) is 12.5 Å². The Labute approximate surface area is 84.4 Å². The second-order valence-electron chi connectivity index (χ2n) is 3.38. The molecule has 2 atom stereocenters. The first-order valence-corrected chi connectivity index (χ1v) is 4.73. The summed E-state index contributed by atoms with van der Waals surface area (Å²) in [5, 5.41) is 9.95. The maximum absolute atomic E-state index is 9.21. The highest BCUT2D eigenvalue weighted by molar-refractivity contribution is 6.30. The van der Waals surface area contributed by atoms with Gasteiger partial charge in [-0.2, -0.15) is 0 Å². The van der Waals surface area contributed by atoms with Gasteiger partial charge in [0.25, 0.3) is 0 Å². The van der Waals surface area contributed by atoms with Crippen molar-refractivity contribution in [2.45, 2.75) is 19.4 Å². The number of aliphatic hydroxyl groups excluding tert-OH is 1. The smallest absolute Gasteiger partial charge is 0.0569 e. The average Bonchev–Trinajstić information content (AvgIpc) is 2.04. The van der Waals surface area contributed by atoms with Crippen molar-refractivity contribution in [3.8, 4) is 0 Å². The fraction of sp³-hybridized carbons (Fsp3) is 0.364. The third-order valence-electron chi connectivity index (χ3n) is 2.10. The van der Waals surface area contributed by atoms with Gasteiger partial charge in [0, 0.05) is 5.02 Å². The average molecular weight is 198 g/mol. The van der Waals surface area contributed by atoms with Gasteiger partial charge in [0.1, 0.15) is 0 Å². The zero-order valence-electron chi connectivity index (χ0n) is 7.70. The van der Waals surface area contributed by atoms with E-state index in [-0.39, 0.29) is 5.92 Å². The number of hydrogen-bond donors (Lipinski definition) is 1. The predicted molar refractivity (Wildman–Crippen MR) is 55.7 cm³/mol. The summed E-state index contributed by atoms with van der Waals surface area (Å²) in [6.07, 6.45) is 0.296. The van der Waals surface area contributed by atoms with Crippen LogP contribution in [0.15, 0.2) is 24.3 Å². The standard InChI is InChI=1S/C11H14ClO/c1-8(9(2)13)6-10-4-3-5-11(12)7-10/h3-5,7-9,13H,2,6H2,1H3. The van der Waals surface area contributed by atoms with Crippen LogP contribution in [0.2, 0.25) is 5.02 Å². The van der Waals surface area contributed by atoms with Crippen LogP contribution < -0.4 is 0 Å². The molecule has 0 saturated heterocycles. The van der Waals surface area contributed by atoms with Gasteiger partial charge in [0.15, 0.2) is 0 Å². The normalized spacial score (nSPS) is 15.4. The van der Waals surface area contributed by atoms with Crippen LogP contribution in [0, 0.1) is 12.8 Å². The quantitative estimate of drug-likeness (QED) is 0.790. The number of hydrogen-bond acceptors (Lipinski definition) is 1. The van der Waals surface area contributed by atoms with Gasteiger partial charge >= 0.3 is 0 Å². The minimum absolute atomic E-state index is 0.165. The Balaban J connectivity index is 2.64. The maximum atomic E-state index is 9.21. The molecule has 2 heteroatoms. The summed E-state index contributed by atoms with van der Waals surface area (Å²) in [4.78, 5) is 0. The van der Waals surface area contributed by atoms with Crippen molar-refractivity contribution in [1.82, 2.24) is 0 Å². The molecule has 1 rings (SSSR count). The van der Waals surface area contributed by atoms with Crippen molar-refractivity contribution in [1.29, 1.82) is 0 Å². The summed E-state index contributed by atoms with van der Waals surface area (Å²) >= 11 is 5.83. The van der Waals surface area contributed by atoms with Gasteiger partial charge in [-0.25, -0.2) is 0 Å². The van der Waals surface area contributed by atoms with E-state index in [0.29, 0.717) is 0 Å². The molecule has 0 aliphatic rings. The lowest BCUT2D eigenvalue weighted by Gasteiger charge is -2.14. The number of benzene rings is 1. The van der Waals surface area contributed by atoms with Crippen LogP contribution in [-0.4, -0.2) is 11.2 Å². The highest BCUT2D eigenvalue weighted by Gasteiger charge is 2.09. The minimum atomic E-state index is -0.515. The zero-order valence-corrected chi connectivity index (χ0v) is 8.46. The van der Waals surface area contributed by atoms with Crippen LogP contribution in [0.5, 0.6) is 0 Å². The third kappa shape index (κ3) is 3.37. The van der Waals surface area contributed by atoms with Gasteiger partial charge in [0.2, 0.25) is 0 Å². The van der Waals surface area contributed by atoms with E-state index >= 15 is 0 Å². The molecule has 0 aliphatic heterocycles. The van der Waals surface area contributed by atoms with E-state index in [0.717, 1.165) is 17.0 Å². The Morgan fingerprint density at radius 1 is 1.54 bits per heavy atom. The number of rotatable bonds is 3. The Morgan fingerprint density at radius 2 is 2.23 bits per heavy atom. The number of halogens is 1. The van der Waals surface area contributed by atoms with Crippen LogP contribution >= 0.6 is 11.6 Å². The molecule has 1 radical (unpaired) electrons. The summed E-state index contributed by atoms with van der Waals surface area (Å²) in [5.74, 6) is 0.165. The molecule has 1 aromatic carbocycles. The molecule has 1 nitrogen and oxygen atoms in total. The SMILES string of the molecule is [CH2]C(O)C(C)Cc1cccc(Cl)c1. The Morgan fingerprint density at radius 3 is 2.77 bits per heavy atom. The highest BCUT2D eigenvalue weighted by atomic mass is 35.5. The molecule has 71 valence electrons. The molecule has 0 heterocycles. The molecule has 0 fully saturated rings. The topological polar surface area (TPSA) is 20.2 Å². The van der Waals surface area contributed by atoms with Crippen LogP contribution in [0.4, 0.5) is 0 Å². The molecule has 0 saturated carbocycles.